The Kier molecular flexibility index (Phi) is 10.2. The Hall–Kier alpha value is -8.11. The van der Waals surface area contributed by atoms with Gasteiger partial charge in [-0.2, -0.15) is 18.2 Å². The summed E-state index contributed by atoms with van der Waals surface area (Å²) in [6.07, 6.45) is 5.16. The number of nitrogens with zero attached hydrogens (tertiary/aromatic N) is 4. The third-order valence-corrected chi connectivity index (χ3v) is 14.4. The standard InChI is InChI=1S/C73H64N4O.Pt/c1-48-39-69(74-46-64(48)53-40-55(72(5,6)7)43-56(41-53)73(8,9)10)77-65-30-18-17-27-62(65)63-37-36-59(45-67(63)77)78-58-26-19-25-57(44-58)75-47-76(66-38-33-52(42-68(66)75)49-31-34-54(35-32-49)71(2,3)4)70-60(50-21-13-11-14-22-50)28-20-29-61(70)51-23-15-12-16-24-51;/h11-43,46H,1-10H3;/q-2;/i1D3,11D,12D,13D,14D,15D,16D,21D,22D,23D,24D;. The molecule has 79 heavy (non-hydrogen) atoms. The molecule has 0 aliphatic heterocycles. The first-order chi connectivity index (χ1) is 42.8. The van der Waals surface area contributed by atoms with Gasteiger partial charge in [0.1, 0.15) is 5.82 Å². The molecular formula is C73H64N4OPt-2. The molecule has 0 N–H and O–H groups in total. The van der Waals surface area contributed by atoms with Crippen LogP contribution >= 0.6 is 0 Å². The van der Waals surface area contributed by atoms with Gasteiger partial charge in [-0.25, -0.2) is 4.98 Å². The van der Waals surface area contributed by atoms with E-state index in [9.17, 15) is 5.48 Å². The van der Waals surface area contributed by atoms with Crippen LogP contribution in [0.4, 0.5) is 0 Å². The van der Waals surface area contributed by atoms with Crippen LogP contribution in [0.1, 0.15) is 102 Å². The van der Waals surface area contributed by atoms with E-state index in [0.717, 1.165) is 49.7 Å². The SMILES string of the molecule is [2H]c1c([2H])c([2H])c(-c2cccc(-c3c([2H])c([2H])c([2H])c([2H])c3[2H])c2-[n+]2[c-]n(-c3[c-]c(Oc4[c-]c5c(cc4)c4ccccc4n5-c4cc(C([2H])([2H])[2H])c(-c5cc(C(C)(C)C)cc(C(C)(C)C)c5)cn4)ccc3)c3cc(-c4ccc(C(C)(C)C)cc4)ccc32)c([2H])c1[2H].[Pt]. The van der Waals surface area contributed by atoms with Crippen LogP contribution in [0.2, 0.25) is 0 Å². The van der Waals surface area contributed by atoms with Crippen molar-refractivity contribution in [2.24, 2.45) is 0 Å². The Labute approximate surface area is 498 Å². The molecule has 0 bridgehead atoms. The molecule has 0 amide bonds. The third kappa shape index (κ3) is 10.2. The third-order valence-electron chi connectivity index (χ3n) is 14.4. The number of rotatable bonds is 9. The van der Waals surface area contributed by atoms with Crippen molar-refractivity contribution in [1.82, 2.24) is 14.1 Å². The molecule has 0 spiro atoms. The van der Waals surface area contributed by atoms with E-state index in [1.165, 1.54) is 0 Å². The summed E-state index contributed by atoms with van der Waals surface area (Å²) in [5, 5.41) is 1.71. The van der Waals surface area contributed by atoms with Gasteiger partial charge in [0.25, 0.3) is 6.33 Å². The van der Waals surface area contributed by atoms with Crippen LogP contribution in [0.15, 0.2) is 206 Å². The average molecular weight is 1220 g/mol. The summed E-state index contributed by atoms with van der Waals surface area (Å²) < 4.78 is 128. The van der Waals surface area contributed by atoms with E-state index in [-0.39, 0.29) is 76.6 Å². The summed E-state index contributed by atoms with van der Waals surface area (Å²) in [5.74, 6) is 0.950. The zero-order chi connectivity index (χ0) is 65.3. The molecule has 0 saturated carbocycles. The second kappa shape index (κ2) is 20.6. The first-order valence-electron chi connectivity index (χ1n) is 32.5. The van der Waals surface area contributed by atoms with Gasteiger partial charge < -0.3 is 13.9 Å². The van der Waals surface area contributed by atoms with Gasteiger partial charge in [-0.05, 0) is 114 Å². The average Bonchev–Trinajstić information content (AvgIpc) is 1.38. The molecule has 0 unspecified atom stereocenters. The van der Waals surface area contributed by atoms with E-state index >= 15 is 0 Å². The zero-order valence-electron chi connectivity index (χ0n) is 58.4. The van der Waals surface area contributed by atoms with Crippen molar-refractivity contribution in [3.8, 4) is 73.2 Å². The van der Waals surface area contributed by atoms with Crippen molar-refractivity contribution in [3.63, 3.8) is 0 Å². The molecule has 6 heteroatoms. The number of fused-ring (bicyclic) bond motifs is 4. The van der Waals surface area contributed by atoms with Crippen LogP contribution in [-0.2, 0) is 37.3 Å². The second-order valence-electron chi connectivity index (χ2n) is 22.8. The topological polar surface area (TPSA) is 35.9 Å². The van der Waals surface area contributed by atoms with Gasteiger partial charge in [0.2, 0.25) is 0 Å². The van der Waals surface area contributed by atoms with E-state index in [1.807, 2.05) is 59.2 Å². The fraction of sp³-hybridized carbons (Fsp3) is 0.178. The molecule has 12 aromatic rings. The maximum Gasteiger partial charge on any atom is 0.268 e. The minimum atomic E-state index is -2.52. The Bertz CT molecular complexity index is 4790. The van der Waals surface area contributed by atoms with Gasteiger partial charge in [0.15, 0.2) is 0 Å². The van der Waals surface area contributed by atoms with Crippen molar-refractivity contribution in [2.75, 3.05) is 0 Å². The van der Waals surface area contributed by atoms with Crippen molar-refractivity contribution in [2.45, 2.75) is 85.4 Å². The van der Waals surface area contributed by atoms with Gasteiger partial charge in [-0.15, -0.1) is 29.7 Å². The maximum atomic E-state index is 9.22. The van der Waals surface area contributed by atoms with Gasteiger partial charge in [-0.3, -0.25) is 4.57 Å². The molecule has 3 aromatic heterocycles. The number of hydrogen-bond donors (Lipinski definition) is 0. The number of benzene rings is 9. The molecule has 0 radical (unpaired) electrons. The number of aryl methyl sites for hydroxylation is 1. The van der Waals surface area contributed by atoms with E-state index in [0.29, 0.717) is 39.4 Å². The van der Waals surface area contributed by atoms with Crippen molar-refractivity contribution in [3.05, 3.63) is 247 Å². The number of hydrogen-bond acceptors (Lipinski definition) is 2. The summed E-state index contributed by atoms with van der Waals surface area (Å²) in [5.41, 5.74) is 8.71. The van der Waals surface area contributed by atoms with E-state index in [2.05, 4.69) is 123 Å². The number of aromatic nitrogens is 4. The molecule has 12 rings (SSSR count). The fourth-order valence-corrected chi connectivity index (χ4v) is 10.1. The number of imidazole rings is 1. The van der Waals surface area contributed by atoms with Crippen LogP contribution in [0.25, 0.3) is 94.5 Å². The number of ether oxygens (including phenoxy) is 1. The number of para-hydroxylation sites is 2. The first kappa shape index (κ1) is 39.3. The summed E-state index contributed by atoms with van der Waals surface area (Å²) in [7, 11) is 0. The summed E-state index contributed by atoms with van der Waals surface area (Å²) in [6, 6.07) is 45.0. The first-order valence-corrected chi connectivity index (χ1v) is 26.0. The Morgan fingerprint density at radius 2 is 1.14 bits per heavy atom. The van der Waals surface area contributed by atoms with Crippen LogP contribution < -0.4 is 9.30 Å². The summed E-state index contributed by atoms with van der Waals surface area (Å²) in [4.78, 5) is 5.04. The van der Waals surface area contributed by atoms with Crippen molar-refractivity contribution >= 4 is 32.8 Å². The van der Waals surface area contributed by atoms with Crippen LogP contribution in [0.3, 0.4) is 0 Å². The summed E-state index contributed by atoms with van der Waals surface area (Å²) >= 11 is 0. The molecule has 394 valence electrons. The molecule has 0 saturated heterocycles. The molecular weight excluding hydrogens is 1140 g/mol. The predicted octanol–water partition coefficient (Wildman–Crippen LogP) is 18.5. The molecule has 0 atom stereocenters. The van der Waals surface area contributed by atoms with Gasteiger partial charge in [0.05, 0.1) is 30.4 Å². The molecule has 3 heterocycles. The Morgan fingerprint density at radius 3 is 1.78 bits per heavy atom. The molecule has 9 aromatic carbocycles. The van der Waals surface area contributed by atoms with Crippen molar-refractivity contribution < 1.29 is 48.2 Å². The number of pyridine rings is 1. The van der Waals surface area contributed by atoms with E-state index in [1.54, 1.807) is 57.8 Å². The zero-order valence-corrected chi connectivity index (χ0v) is 47.6. The monoisotopic (exact) mass is 1220 g/mol. The Morgan fingerprint density at radius 1 is 0.519 bits per heavy atom. The quantitative estimate of drug-likeness (QED) is 0.107. The maximum absolute atomic E-state index is 9.22. The minimum absolute atomic E-state index is 0. The minimum Gasteiger partial charge on any atom is -0.510 e. The molecule has 0 fully saturated rings. The summed E-state index contributed by atoms with van der Waals surface area (Å²) in [6.45, 7) is 16.8. The van der Waals surface area contributed by atoms with E-state index < -0.39 is 67.3 Å². The predicted molar refractivity (Wildman–Crippen MR) is 323 cm³/mol. The smallest absolute Gasteiger partial charge is 0.268 e. The van der Waals surface area contributed by atoms with Gasteiger partial charge in [0, 0.05) is 54.0 Å². The normalized spacial score (nSPS) is 14.6. The van der Waals surface area contributed by atoms with Crippen LogP contribution in [-0.4, -0.2) is 14.1 Å². The van der Waals surface area contributed by atoms with Gasteiger partial charge in [-0.1, -0.05) is 219 Å². The van der Waals surface area contributed by atoms with E-state index in [4.69, 9.17) is 22.1 Å². The largest absolute Gasteiger partial charge is 0.510 e. The fourth-order valence-electron chi connectivity index (χ4n) is 10.1. The Balaban J connectivity index is 0.00000867. The molecule has 0 aliphatic rings. The molecule has 0 aliphatic carbocycles. The van der Waals surface area contributed by atoms with Crippen molar-refractivity contribution in [1.29, 1.82) is 0 Å². The van der Waals surface area contributed by atoms with Crippen LogP contribution in [0, 0.1) is 25.3 Å². The van der Waals surface area contributed by atoms with Crippen LogP contribution in [0.5, 0.6) is 11.5 Å². The van der Waals surface area contributed by atoms with Gasteiger partial charge >= 0.3 is 0 Å². The molecule has 5 nitrogen and oxygen atoms in total. The second-order valence-corrected chi connectivity index (χ2v) is 22.8.